The minimum atomic E-state index is -0.410. The number of rotatable bonds is 4. The first-order chi connectivity index (χ1) is 5.39. The Bertz CT molecular complexity index is 178. The van der Waals surface area contributed by atoms with Crippen molar-refractivity contribution < 1.29 is 9.90 Å². The second kappa shape index (κ2) is 4.41. The Morgan fingerprint density at radius 2 is 2.08 bits per heavy atom. The Hall–Kier alpha value is -0.630. The van der Waals surface area contributed by atoms with Gasteiger partial charge in [0.1, 0.15) is 6.29 Å². The fourth-order valence-electron chi connectivity index (χ4n) is 0.643. The van der Waals surface area contributed by atoms with Crippen molar-refractivity contribution in [3.63, 3.8) is 0 Å². The third kappa shape index (κ3) is 4.29. The molecule has 0 rings (SSSR count). The van der Waals surface area contributed by atoms with Crippen LogP contribution < -0.4 is 0 Å². The number of carbonyl (C=O) groups is 1. The third-order valence-corrected chi connectivity index (χ3v) is 1.93. The van der Waals surface area contributed by atoms with Crippen molar-refractivity contribution in [3.05, 3.63) is 11.6 Å². The predicted octanol–water partition coefficient (Wildman–Crippen LogP) is 1.93. The highest BCUT2D eigenvalue weighted by atomic mass is 16.3. The highest BCUT2D eigenvalue weighted by Crippen LogP contribution is 2.18. The van der Waals surface area contributed by atoms with Gasteiger partial charge in [-0.15, -0.1) is 0 Å². The summed E-state index contributed by atoms with van der Waals surface area (Å²) in [6.07, 6.45) is 3.14. The molecular formula is C10H18O2. The molecule has 0 fully saturated rings. The molecule has 0 saturated heterocycles. The number of hydrogen-bond donors (Lipinski definition) is 1. The second-order valence-electron chi connectivity index (χ2n) is 3.93. The summed E-state index contributed by atoms with van der Waals surface area (Å²) in [5.74, 6) is 0. The standard InChI is InChI=1S/C10H18O2/c1-8(9(2)12)5-6-10(3,4)7-11/h5,7,9,12H,6H2,1-4H3/b8-5+. The number of aliphatic hydroxyl groups excluding tert-OH is 1. The third-order valence-electron chi connectivity index (χ3n) is 1.93. The van der Waals surface area contributed by atoms with Gasteiger partial charge < -0.3 is 9.90 Å². The molecule has 12 heavy (non-hydrogen) atoms. The first-order valence-electron chi connectivity index (χ1n) is 4.20. The minimum absolute atomic E-state index is 0.309. The quantitative estimate of drug-likeness (QED) is 0.517. The lowest BCUT2D eigenvalue weighted by molar-refractivity contribution is -0.114. The van der Waals surface area contributed by atoms with Crippen molar-refractivity contribution in [2.24, 2.45) is 5.41 Å². The van der Waals surface area contributed by atoms with Gasteiger partial charge in [0, 0.05) is 5.41 Å². The smallest absolute Gasteiger partial charge is 0.125 e. The van der Waals surface area contributed by atoms with Crippen molar-refractivity contribution in [1.29, 1.82) is 0 Å². The highest BCUT2D eigenvalue weighted by Gasteiger charge is 2.14. The van der Waals surface area contributed by atoms with E-state index >= 15 is 0 Å². The minimum Gasteiger partial charge on any atom is -0.389 e. The van der Waals surface area contributed by atoms with Gasteiger partial charge in [-0.3, -0.25) is 0 Å². The van der Waals surface area contributed by atoms with Crippen molar-refractivity contribution in [3.8, 4) is 0 Å². The summed E-state index contributed by atoms with van der Waals surface area (Å²) in [6.45, 7) is 7.35. The average molecular weight is 170 g/mol. The van der Waals surface area contributed by atoms with E-state index < -0.39 is 6.10 Å². The monoisotopic (exact) mass is 170 g/mol. The van der Waals surface area contributed by atoms with Crippen LogP contribution in [0.15, 0.2) is 11.6 Å². The molecule has 0 bridgehead atoms. The van der Waals surface area contributed by atoms with Crippen molar-refractivity contribution in [2.45, 2.75) is 40.2 Å². The Morgan fingerprint density at radius 3 is 2.42 bits per heavy atom. The lowest BCUT2D eigenvalue weighted by Crippen LogP contribution is -2.12. The number of allylic oxidation sites excluding steroid dienone is 1. The van der Waals surface area contributed by atoms with E-state index in [1.54, 1.807) is 6.92 Å². The molecule has 0 aromatic rings. The molecule has 0 saturated carbocycles. The molecule has 0 radical (unpaired) electrons. The fourth-order valence-corrected chi connectivity index (χ4v) is 0.643. The summed E-state index contributed by atoms with van der Waals surface area (Å²) in [6, 6.07) is 0. The Kier molecular flexibility index (Phi) is 4.18. The number of hydrogen-bond acceptors (Lipinski definition) is 2. The van der Waals surface area contributed by atoms with Crippen LogP contribution >= 0.6 is 0 Å². The number of aliphatic hydroxyl groups is 1. The van der Waals surface area contributed by atoms with Gasteiger partial charge in [0.15, 0.2) is 0 Å². The summed E-state index contributed by atoms with van der Waals surface area (Å²) < 4.78 is 0. The van der Waals surface area contributed by atoms with E-state index in [0.29, 0.717) is 6.42 Å². The zero-order chi connectivity index (χ0) is 9.78. The number of aldehydes is 1. The molecule has 70 valence electrons. The molecule has 2 heteroatoms. The lowest BCUT2D eigenvalue weighted by atomic mass is 9.90. The Labute approximate surface area is 74.3 Å². The van der Waals surface area contributed by atoms with Gasteiger partial charge in [0.2, 0.25) is 0 Å². The molecule has 0 aliphatic carbocycles. The normalized spacial score (nSPS) is 15.9. The summed E-state index contributed by atoms with van der Waals surface area (Å²) in [7, 11) is 0. The van der Waals surface area contributed by atoms with Crippen LogP contribution in [0.2, 0.25) is 0 Å². The van der Waals surface area contributed by atoms with Crippen molar-refractivity contribution in [2.75, 3.05) is 0 Å². The predicted molar refractivity (Wildman–Crippen MR) is 49.9 cm³/mol. The van der Waals surface area contributed by atoms with Crippen LogP contribution in [0.4, 0.5) is 0 Å². The maximum absolute atomic E-state index is 10.5. The van der Waals surface area contributed by atoms with E-state index in [9.17, 15) is 4.79 Å². The lowest BCUT2D eigenvalue weighted by Gasteiger charge is -2.14. The summed E-state index contributed by atoms with van der Waals surface area (Å²) in [5.41, 5.74) is 0.612. The van der Waals surface area contributed by atoms with Gasteiger partial charge in [0.25, 0.3) is 0 Å². The summed E-state index contributed by atoms with van der Waals surface area (Å²) in [4.78, 5) is 10.5. The summed E-state index contributed by atoms with van der Waals surface area (Å²) >= 11 is 0. The van der Waals surface area contributed by atoms with Crippen LogP contribution in [0.5, 0.6) is 0 Å². The fraction of sp³-hybridized carbons (Fsp3) is 0.700. The van der Waals surface area contributed by atoms with Gasteiger partial charge in [-0.05, 0) is 25.8 Å². The van der Waals surface area contributed by atoms with Gasteiger partial charge in [-0.1, -0.05) is 19.9 Å². The second-order valence-corrected chi connectivity index (χ2v) is 3.93. The van der Waals surface area contributed by atoms with Crippen molar-refractivity contribution in [1.82, 2.24) is 0 Å². The topological polar surface area (TPSA) is 37.3 Å². The zero-order valence-corrected chi connectivity index (χ0v) is 8.29. The molecule has 1 N–H and O–H groups in total. The maximum atomic E-state index is 10.5. The molecule has 0 aromatic heterocycles. The van der Waals surface area contributed by atoms with E-state index in [0.717, 1.165) is 11.9 Å². The Balaban J connectivity index is 4.12. The van der Waals surface area contributed by atoms with Crippen LogP contribution in [0.3, 0.4) is 0 Å². The molecule has 0 heterocycles. The first kappa shape index (κ1) is 11.4. The van der Waals surface area contributed by atoms with E-state index in [4.69, 9.17) is 5.11 Å². The van der Waals surface area contributed by atoms with Crippen molar-refractivity contribution >= 4 is 6.29 Å². The molecule has 0 aromatic carbocycles. The zero-order valence-electron chi connectivity index (χ0n) is 8.29. The van der Waals surface area contributed by atoms with E-state index in [1.807, 2.05) is 26.8 Å². The average Bonchev–Trinajstić information content (AvgIpc) is 2.00. The maximum Gasteiger partial charge on any atom is 0.125 e. The van der Waals surface area contributed by atoms with Crippen LogP contribution in [-0.2, 0) is 4.79 Å². The Morgan fingerprint density at radius 1 is 1.58 bits per heavy atom. The SMILES string of the molecule is C/C(=C\CC(C)(C)C=O)C(C)O. The molecular weight excluding hydrogens is 152 g/mol. The highest BCUT2D eigenvalue weighted by molar-refractivity contribution is 5.58. The van der Waals surface area contributed by atoms with Crippen LogP contribution in [-0.4, -0.2) is 17.5 Å². The van der Waals surface area contributed by atoms with E-state index in [2.05, 4.69) is 0 Å². The van der Waals surface area contributed by atoms with Gasteiger partial charge in [0.05, 0.1) is 6.10 Å². The number of carbonyl (C=O) groups excluding carboxylic acids is 1. The van der Waals surface area contributed by atoms with Crippen LogP contribution in [0, 0.1) is 5.41 Å². The summed E-state index contributed by atoms with van der Waals surface area (Å²) in [5, 5.41) is 9.13. The molecule has 0 spiro atoms. The van der Waals surface area contributed by atoms with E-state index in [1.165, 1.54) is 0 Å². The molecule has 1 unspecified atom stereocenters. The van der Waals surface area contributed by atoms with Gasteiger partial charge in [-0.2, -0.15) is 0 Å². The van der Waals surface area contributed by atoms with Gasteiger partial charge >= 0.3 is 0 Å². The molecule has 0 aliphatic rings. The molecule has 2 nitrogen and oxygen atoms in total. The van der Waals surface area contributed by atoms with E-state index in [-0.39, 0.29) is 5.41 Å². The molecule has 0 aliphatic heterocycles. The largest absolute Gasteiger partial charge is 0.389 e. The molecule has 0 amide bonds. The van der Waals surface area contributed by atoms with Crippen LogP contribution in [0.25, 0.3) is 0 Å². The first-order valence-corrected chi connectivity index (χ1v) is 4.20. The molecule has 1 atom stereocenters. The van der Waals surface area contributed by atoms with Crippen LogP contribution in [0.1, 0.15) is 34.1 Å². The van der Waals surface area contributed by atoms with Gasteiger partial charge in [-0.25, -0.2) is 0 Å².